The van der Waals surface area contributed by atoms with Gasteiger partial charge >= 0.3 is 11.9 Å². The summed E-state index contributed by atoms with van der Waals surface area (Å²) in [5, 5.41) is 20.2. The molecule has 0 saturated carbocycles. The Hall–Kier alpha value is -0.750. The maximum absolute atomic E-state index is 10.8. The number of carbonyl (C=O) groups is 2. The minimum absolute atomic E-state index is 0.0984. The number of rotatable bonds is 3. The summed E-state index contributed by atoms with van der Waals surface area (Å²) in [6, 6.07) is -0.761. The van der Waals surface area contributed by atoms with Gasteiger partial charge in [-0.2, -0.15) is 12.6 Å². The van der Waals surface area contributed by atoms with Crippen molar-refractivity contribution < 1.29 is 19.8 Å². The number of hydrogen-bond donors (Lipinski definition) is 4. The van der Waals surface area contributed by atoms with Gasteiger partial charge in [-0.25, -0.2) is 0 Å². The van der Waals surface area contributed by atoms with Crippen molar-refractivity contribution >= 4 is 24.6 Å². The Morgan fingerprint density at radius 1 is 1.54 bits per heavy atom. The van der Waals surface area contributed by atoms with Crippen LogP contribution >= 0.6 is 12.6 Å². The lowest BCUT2D eigenvalue weighted by Gasteiger charge is -2.19. The molecule has 0 amide bonds. The summed E-state index contributed by atoms with van der Waals surface area (Å²) in [4.78, 5) is 21.4. The van der Waals surface area contributed by atoms with Crippen LogP contribution in [0.1, 0.15) is 6.42 Å². The van der Waals surface area contributed by atoms with Gasteiger partial charge in [0.25, 0.3) is 0 Å². The minimum atomic E-state index is -1.02. The summed E-state index contributed by atoms with van der Waals surface area (Å²) in [5.74, 6) is -1.84. The standard InChI is InChI=1S/C7H11NO4S/c9-5(10)4-1-7(3-13,2-8-4)6(11)12/h4,8,13H,1-3H2,(H,9,10)(H,11,12). The van der Waals surface area contributed by atoms with E-state index >= 15 is 0 Å². The molecule has 0 aliphatic carbocycles. The van der Waals surface area contributed by atoms with E-state index in [2.05, 4.69) is 17.9 Å². The van der Waals surface area contributed by atoms with Gasteiger partial charge in [-0.15, -0.1) is 0 Å². The summed E-state index contributed by atoms with van der Waals surface area (Å²) in [7, 11) is 0. The number of carboxylic acid groups (broad SMARTS) is 2. The molecule has 1 fully saturated rings. The Morgan fingerprint density at radius 2 is 2.15 bits per heavy atom. The zero-order chi connectivity index (χ0) is 10.1. The molecule has 0 aromatic heterocycles. The Balaban J connectivity index is 2.74. The van der Waals surface area contributed by atoms with E-state index in [0.29, 0.717) is 0 Å². The second-order valence-electron chi connectivity index (χ2n) is 3.22. The lowest BCUT2D eigenvalue weighted by molar-refractivity contribution is -0.146. The fourth-order valence-corrected chi connectivity index (χ4v) is 1.76. The van der Waals surface area contributed by atoms with Crippen LogP contribution in [0.25, 0.3) is 0 Å². The van der Waals surface area contributed by atoms with Gasteiger partial charge in [-0.3, -0.25) is 9.59 Å². The van der Waals surface area contributed by atoms with E-state index < -0.39 is 23.4 Å². The van der Waals surface area contributed by atoms with Gasteiger partial charge in [0.1, 0.15) is 6.04 Å². The molecule has 0 aromatic rings. The second-order valence-corrected chi connectivity index (χ2v) is 3.54. The van der Waals surface area contributed by atoms with Gasteiger partial charge in [0.2, 0.25) is 0 Å². The van der Waals surface area contributed by atoms with E-state index in [9.17, 15) is 9.59 Å². The predicted octanol–water partition coefficient (Wildman–Crippen LogP) is -0.566. The second kappa shape index (κ2) is 3.55. The van der Waals surface area contributed by atoms with Crippen molar-refractivity contribution in [2.75, 3.05) is 12.3 Å². The van der Waals surface area contributed by atoms with Crippen molar-refractivity contribution in [3.05, 3.63) is 0 Å². The first kappa shape index (κ1) is 10.3. The van der Waals surface area contributed by atoms with Crippen molar-refractivity contribution in [1.82, 2.24) is 5.32 Å². The van der Waals surface area contributed by atoms with E-state index in [1.807, 2.05) is 0 Å². The van der Waals surface area contributed by atoms with Crippen LogP contribution in [0.5, 0.6) is 0 Å². The molecule has 6 heteroatoms. The van der Waals surface area contributed by atoms with Crippen LogP contribution in [0.3, 0.4) is 0 Å². The highest BCUT2D eigenvalue weighted by Crippen LogP contribution is 2.30. The van der Waals surface area contributed by atoms with Crippen molar-refractivity contribution in [3.63, 3.8) is 0 Å². The van der Waals surface area contributed by atoms with Crippen molar-refractivity contribution in [1.29, 1.82) is 0 Å². The zero-order valence-corrected chi connectivity index (χ0v) is 7.75. The largest absolute Gasteiger partial charge is 0.481 e. The highest BCUT2D eigenvalue weighted by molar-refractivity contribution is 7.80. The smallest absolute Gasteiger partial charge is 0.320 e. The lowest BCUT2D eigenvalue weighted by Crippen LogP contribution is -2.34. The summed E-state index contributed by atoms with van der Waals surface area (Å²) >= 11 is 3.94. The fraction of sp³-hybridized carbons (Fsp3) is 0.714. The quantitative estimate of drug-likeness (QED) is 0.464. The highest BCUT2D eigenvalue weighted by atomic mass is 32.1. The molecule has 0 bridgehead atoms. The third-order valence-electron chi connectivity index (χ3n) is 2.34. The molecule has 0 spiro atoms. The van der Waals surface area contributed by atoms with Gasteiger partial charge in [-0.1, -0.05) is 0 Å². The average Bonchev–Trinajstić information content (AvgIpc) is 2.49. The SMILES string of the molecule is O=C(O)C1CC(CS)(C(=O)O)CN1. The number of nitrogens with one attached hydrogen (secondary N) is 1. The van der Waals surface area contributed by atoms with Gasteiger partial charge in [0.15, 0.2) is 0 Å². The summed E-state index contributed by atoms with van der Waals surface area (Å²) < 4.78 is 0. The first-order valence-corrected chi connectivity index (χ1v) is 4.45. The van der Waals surface area contributed by atoms with Crippen molar-refractivity contribution in [2.45, 2.75) is 12.5 Å². The van der Waals surface area contributed by atoms with Crippen LogP contribution in [-0.4, -0.2) is 40.5 Å². The van der Waals surface area contributed by atoms with Gasteiger partial charge in [-0.05, 0) is 6.42 Å². The molecule has 1 rings (SSSR count). The molecule has 13 heavy (non-hydrogen) atoms. The number of hydrogen-bond acceptors (Lipinski definition) is 4. The van der Waals surface area contributed by atoms with E-state index in [1.165, 1.54) is 0 Å². The number of carboxylic acids is 2. The zero-order valence-electron chi connectivity index (χ0n) is 6.86. The van der Waals surface area contributed by atoms with Gasteiger partial charge in [0.05, 0.1) is 5.41 Å². The topological polar surface area (TPSA) is 86.6 Å². The monoisotopic (exact) mass is 205 g/mol. The molecular weight excluding hydrogens is 194 g/mol. The van der Waals surface area contributed by atoms with E-state index in [4.69, 9.17) is 10.2 Å². The van der Waals surface area contributed by atoms with E-state index in [1.54, 1.807) is 0 Å². The van der Waals surface area contributed by atoms with Gasteiger partial charge in [0, 0.05) is 12.3 Å². The Bertz CT molecular complexity index is 245. The molecule has 1 aliphatic rings. The molecule has 1 saturated heterocycles. The molecule has 3 N–H and O–H groups in total. The predicted molar refractivity (Wildman–Crippen MR) is 48.0 cm³/mol. The first-order valence-electron chi connectivity index (χ1n) is 3.82. The van der Waals surface area contributed by atoms with Crippen LogP contribution in [0.4, 0.5) is 0 Å². The third kappa shape index (κ3) is 1.78. The van der Waals surface area contributed by atoms with Crippen molar-refractivity contribution in [2.24, 2.45) is 5.41 Å². The highest BCUT2D eigenvalue weighted by Gasteiger charge is 2.46. The molecule has 2 unspecified atom stereocenters. The molecular formula is C7H11NO4S. The molecule has 0 aromatic carbocycles. The van der Waals surface area contributed by atoms with Gasteiger partial charge < -0.3 is 15.5 Å². The molecule has 2 atom stereocenters. The summed E-state index contributed by atoms with van der Waals surface area (Å²) in [5.41, 5.74) is -1.02. The Morgan fingerprint density at radius 3 is 2.38 bits per heavy atom. The van der Waals surface area contributed by atoms with Crippen molar-refractivity contribution in [3.8, 4) is 0 Å². The van der Waals surface area contributed by atoms with Crippen LogP contribution < -0.4 is 5.32 Å². The Kier molecular flexibility index (Phi) is 2.82. The summed E-state index contributed by atoms with van der Waals surface area (Å²) in [6.45, 7) is 0.169. The van der Waals surface area contributed by atoms with E-state index in [-0.39, 0.29) is 18.7 Å². The van der Waals surface area contributed by atoms with Crippen LogP contribution in [0.15, 0.2) is 0 Å². The normalized spacial score (nSPS) is 33.2. The average molecular weight is 205 g/mol. The maximum atomic E-state index is 10.8. The first-order chi connectivity index (χ1) is 6.02. The molecule has 1 heterocycles. The number of aliphatic carboxylic acids is 2. The van der Waals surface area contributed by atoms with E-state index in [0.717, 1.165) is 0 Å². The Labute approximate surface area is 80.5 Å². The molecule has 5 nitrogen and oxygen atoms in total. The minimum Gasteiger partial charge on any atom is -0.481 e. The maximum Gasteiger partial charge on any atom is 0.320 e. The molecule has 1 aliphatic heterocycles. The summed E-state index contributed by atoms with van der Waals surface area (Å²) in [6.07, 6.45) is 0.0984. The lowest BCUT2D eigenvalue weighted by atomic mass is 9.88. The fourth-order valence-electron chi connectivity index (χ4n) is 1.38. The molecule has 74 valence electrons. The third-order valence-corrected chi connectivity index (χ3v) is 2.94. The van der Waals surface area contributed by atoms with Crippen LogP contribution in [0, 0.1) is 5.41 Å². The van der Waals surface area contributed by atoms with Crippen LogP contribution in [-0.2, 0) is 9.59 Å². The molecule has 0 radical (unpaired) electrons. The number of thiol groups is 1. The van der Waals surface area contributed by atoms with Crippen LogP contribution in [0.2, 0.25) is 0 Å².